The van der Waals surface area contributed by atoms with Crippen LogP contribution >= 0.6 is 12.2 Å². The van der Waals surface area contributed by atoms with Gasteiger partial charge >= 0.3 is 0 Å². The summed E-state index contributed by atoms with van der Waals surface area (Å²) in [5.41, 5.74) is 0.369. The number of thiocarbonyl (C=S) groups is 1. The van der Waals surface area contributed by atoms with E-state index in [0.717, 1.165) is 22.9 Å². The lowest BCUT2D eigenvalue weighted by molar-refractivity contribution is -0.0102. The second-order valence-corrected chi connectivity index (χ2v) is 8.54. The Hall–Kier alpha value is -0.310. The average Bonchev–Trinajstić information content (AvgIpc) is 2.37. The average molecular weight is 292 g/mol. The zero-order chi connectivity index (χ0) is 13.6. The van der Waals surface area contributed by atoms with Crippen molar-refractivity contribution in [3.63, 3.8) is 0 Å². The molecular formula is C17H28N2S. The molecule has 4 bridgehead atoms. The first-order valence-corrected chi connectivity index (χ1v) is 9.20. The summed E-state index contributed by atoms with van der Waals surface area (Å²) in [6.45, 7) is 0. The minimum absolute atomic E-state index is 0.369. The summed E-state index contributed by atoms with van der Waals surface area (Å²) < 4.78 is 0. The van der Waals surface area contributed by atoms with E-state index in [0.29, 0.717) is 11.6 Å². The lowest BCUT2D eigenvalue weighted by Gasteiger charge is -2.57. The molecule has 2 nitrogen and oxygen atoms in total. The lowest BCUT2D eigenvalue weighted by Crippen LogP contribution is -2.62. The van der Waals surface area contributed by atoms with Crippen molar-refractivity contribution in [3.05, 3.63) is 0 Å². The fraction of sp³-hybridized carbons (Fsp3) is 0.941. The Morgan fingerprint density at radius 2 is 1.40 bits per heavy atom. The van der Waals surface area contributed by atoms with Crippen LogP contribution in [-0.4, -0.2) is 16.7 Å². The van der Waals surface area contributed by atoms with Crippen molar-refractivity contribution >= 4 is 17.3 Å². The summed E-state index contributed by atoms with van der Waals surface area (Å²) >= 11 is 5.65. The smallest absolute Gasteiger partial charge is 0.166 e. The van der Waals surface area contributed by atoms with Gasteiger partial charge in [0.25, 0.3) is 0 Å². The lowest BCUT2D eigenvalue weighted by atomic mass is 9.53. The third kappa shape index (κ3) is 2.58. The molecule has 0 amide bonds. The Morgan fingerprint density at radius 1 is 0.850 bits per heavy atom. The molecule has 0 aromatic rings. The highest BCUT2D eigenvalue weighted by Gasteiger charge is 2.51. The van der Waals surface area contributed by atoms with Crippen LogP contribution in [0.15, 0.2) is 0 Å². The Bertz CT molecular complexity index is 351. The van der Waals surface area contributed by atoms with Gasteiger partial charge < -0.3 is 10.6 Å². The summed E-state index contributed by atoms with van der Waals surface area (Å²) in [4.78, 5) is 0. The highest BCUT2D eigenvalue weighted by atomic mass is 32.1. The number of rotatable bonds is 2. The van der Waals surface area contributed by atoms with Crippen molar-refractivity contribution in [1.82, 2.24) is 10.6 Å². The quantitative estimate of drug-likeness (QED) is 0.758. The number of hydrogen-bond donors (Lipinski definition) is 2. The van der Waals surface area contributed by atoms with E-state index in [2.05, 4.69) is 10.6 Å². The highest BCUT2D eigenvalue weighted by Crippen LogP contribution is 2.55. The highest BCUT2D eigenvalue weighted by molar-refractivity contribution is 7.80. The van der Waals surface area contributed by atoms with E-state index in [1.165, 1.54) is 70.6 Å². The summed E-state index contributed by atoms with van der Waals surface area (Å²) in [5, 5.41) is 8.36. The van der Waals surface area contributed by atoms with Crippen molar-refractivity contribution in [2.75, 3.05) is 0 Å². The minimum Gasteiger partial charge on any atom is -0.360 e. The van der Waals surface area contributed by atoms with Gasteiger partial charge in [-0.05, 0) is 81.3 Å². The third-order valence-corrected chi connectivity index (χ3v) is 6.58. The zero-order valence-corrected chi connectivity index (χ0v) is 13.3. The molecule has 0 radical (unpaired) electrons. The van der Waals surface area contributed by atoms with Gasteiger partial charge in [-0.2, -0.15) is 0 Å². The van der Waals surface area contributed by atoms with Gasteiger partial charge in [0, 0.05) is 11.6 Å². The summed E-state index contributed by atoms with van der Waals surface area (Å²) in [5.74, 6) is 2.98. The summed E-state index contributed by atoms with van der Waals surface area (Å²) in [6, 6.07) is 0.637. The molecule has 0 heterocycles. The molecule has 112 valence electrons. The maximum Gasteiger partial charge on any atom is 0.166 e. The van der Waals surface area contributed by atoms with Crippen LogP contribution in [0.5, 0.6) is 0 Å². The second-order valence-electron chi connectivity index (χ2n) is 8.13. The van der Waals surface area contributed by atoms with E-state index in [4.69, 9.17) is 12.2 Å². The fourth-order valence-electron chi connectivity index (χ4n) is 5.97. The van der Waals surface area contributed by atoms with E-state index in [9.17, 15) is 0 Å². The molecule has 3 heteroatoms. The molecule has 0 spiro atoms. The minimum atomic E-state index is 0.369. The summed E-state index contributed by atoms with van der Waals surface area (Å²) in [6.07, 6.45) is 15.4. The Kier molecular flexibility index (Phi) is 3.44. The van der Waals surface area contributed by atoms with Gasteiger partial charge in [0.2, 0.25) is 0 Å². The normalized spacial score (nSPS) is 43.5. The van der Waals surface area contributed by atoms with Crippen LogP contribution in [-0.2, 0) is 0 Å². The molecule has 5 aliphatic rings. The van der Waals surface area contributed by atoms with Crippen molar-refractivity contribution in [2.45, 2.75) is 82.2 Å². The molecule has 0 aromatic heterocycles. The predicted molar refractivity (Wildman–Crippen MR) is 86.6 cm³/mol. The van der Waals surface area contributed by atoms with Gasteiger partial charge in [0.1, 0.15) is 0 Å². The van der Waals surface area contributed by atoms with Gasteiger partial charge in [-0.15, -0.1) is 0 Å². The Labute approximate surface area is 128 Å². The second kappa shape index (κ2) is 5.15. The van der Waals surface area contributed by atoms with E-state index >= 15 is 0 Å². The SMILES string of the molecule is S=C(NC1CCCCC1)NC12CC3CC(CC(C3)C1)C2. The maximum atomic E-state index is 5.65. The van der Waals surface area contributed by atoms with Gasteiger partial charge in [-0.25, -0.2) is 0 Å². The zero-order valence-electron chi connectivity index (χ0n) is 12.5. The first-order valence-electron chi connectivity index (χ1n) is 8.79. The van der Waals surface area contributed by atoms with Crippen LogP contribution in [0.3, 0.4) is 0 Å². The van der Waals surface area contributed by atoms with Gasteiger partial charge in [-0.1, -0.05) is 19.3 Å². The van der Waals surface area contributed by atoms with Gasteiger partial charge in [0.15, 0.2) is 5.11 Å². The maximum absolute atomic E-state index is 5.65. The standard InChI is InChI=1S/C17H28N2S/c20-16(18-15-4-2-1-3-5-15)19-17-9-12-6-13(10-17)8-14(7-12)11-17/h12-15H,1-11H2,(H2,18,19,20). The molecular weight excluding hydrogens is 264 g/mol. The largest absolute Gasteiger partial charge is 0.360 e. The number of nitrogens with one attached hydrogen (secondary N) is 2. The van der Waals surface area contributed by atoms with Crippen LogP contribution in [0.1, 0.15) is 70.6 Å². The summed E-state index contributed by atoms with van der Waals surface area (Å²) in [7, 11) is 0. The molecule has 0 unspecified atom stereocenters. The molecule has 5 aliphatic carbocycles. The predicted octanol–water partition coefficient (Wildman–Crippen LogP) is 3.75. The van der Waals surface area contributed by atoms with Crippen molar-refractivity contribution in [3.8, 4) is 0 Å². The van der Waals surface area contributed by atoms with Crippen LogP contribution in [0.4, 0.5) is 0 Å². The molecule has 0 atom stereocenters. The van der Waals surface area contributed by atoms with E-state index in [1.54, 1.807) is 0 Å². The molecule has 5 rings (SSSR count). The first kappa shape index (κ1) is 13.4. The van der Waals surface area contributed by atoms with E-state index in [1.807, 2.05) is 0 Å². The van der Waals surface area contributed by atoms with Gasteiger partial charge in [-0.3, -0.25) is 0 Å². The van der Waals surface area contributed by atoms with E-state index in [-0.39, 0.29) is 0 Å². The molecule has 5 saturated carbocycles. The van der Waals surface area contributed by atoms with Crippen molar-refractivity contribution < 1.29 is 0 Å². The molecule has 0 aromatic carbocycles. The number of hydrogen-bond acceptors (Lipinski definition) is 1. The first-order chi connectivity index (χ1) is 9.71. The third-order valence-electron chi connectivity index (χ3n) is 6.36. The van der Waals surface area contributed by atoms with Crippen molar-refractivity contribution in [1.29, 1.82) is 0 Å². The molecule has 20 heavy (non-hydrogen) atoms. The van der Waals surface area contributed by atoms with Gasteiger partial charge in [0.05, 0.1) is 0 Å². The molecule has 2 N–H and O–H groups in total. The van der Waals surface area contributed by atoms with Crippen LogP contribution < -0.4 is 10.6 Å². The van der Waals surface area contributed by atoms with Crippen molar-refractivity contribution in [2.24, 2.45) is 17.8 Å². The molecule has 0 aliphatic heterocycles. The van der Waals surface area contributed by atoms with E-state index < -0.39 is 0 Å². The van der Waals surface area contributed by atoms with Crippen LogP contribution in [0.2, 0.25) is 0 Å². The molecule has 5 fully saturated rings. The fourth-order valence-corrected chi connectivity index (χ4v) is 6.36. The Morgan fingerprint density at radius 3 is 1.95 bits per heavy atom. The monoisotopic (exact) mass is 292 g/mol. The topological polar surface area (TPSA) is 24.1 Å². The van der Waals surface area contributed by atoms with Crippen LogP contribution in [0.25, 0.3) is 0 Å². The van der Waals surface area contributed by atoms with Crippen LogP contribution in [0, 0.1) is 17.8 Å². The molecule has 0 saturated heterocycles. The Balaban J connectivity index is 1.37.